The molecule has 1 heterocycles. The second kappa shape index (κ2) is 7.31. The van der Waals surface area contributed by atoms with Crippen LogP contribution in [0.3, 0.4) is 0 Å². The molecule has 1 aromatic heterocycles. The minimum absolute atomic E-state index is 0.291. The summed E-state index contributed by atoms with van der Waals surface area (Å²) in [4.78, 5) is 4.39. The second-order valence-corrected chi connectivity index (χ2v) is 4.97. The van der Waals surface area contributed by atoms with Gasteiger partial charge in [-0.25, -0.2) is 0 Å². The summed E-state index contributed by atoms with van der Waals surface area (Å²) in [5.41, 5.74) is 1.95. The smallest absolute Gasteiger partial charge is 0.0948 e. The molecule has 0 saturated carbocycles. The molecule has 0 aliphatic rings. The Morgan fingerprint density at radius 3 is 2.79 bits per heavy atom. The number of hydrogen-bond acceptors (Lipinski definition) is 3. The third-order valence-corrected chi connectivity index (χ3v) is 3.45. The van der Waals surface area contributed by atoms with Gasteiger partial charge in [-0.1, -0.05) is 24.4 Å². The molecule has 19 heavy (non-hydrogen) atoms. The van der Waals surface area contributed by atoms with Crippen LogP contribution in [-0.4, -0.2) is 23.2 Å². The zero-order chi connectivity index (χ0) is 13.5. The zero-order valence-electron chi connectivity index (χ0n) is 10.9. The Kier molecular flexibility index (Phi) is 5.43. The highest BCUT2D eigenvalue weighted by molar-refractivity contribution is 6.35. The normalized spacial score (nSPS) is 10.8. The predicted octanol–water partition coefficient (Wildman–Crippen LogP) is 3.85. The van der Waals surface area contributed by atoms with Gasteiger partial charge >= 0.3 is 0 Å². The van der Waals surface area contributed by atoms with Gasteiger partial charge in [-0.15, -0.1) is 0 Å². The predicted molar refractivity (Wildman–Crippen MR) is 80.8 cm³/mol. The standard InChI is InChI=1S/C15H19ClN2O/c16-13-7-8-14(15-12(13)6-5-10-18-15)17-9-3-1-2-4-11-19/h5-8,10,17,19H,1-4,9,11H2. The maximum absolute atomic E-state index is 8.71. The Hall–Kier alpha value is -1.32. The van der Waals surface area contributed by atoms with Gasteiger partial charge in [-0.05, 0) is 37.1 Å². The molecule has 0 aliphatic carbocycles. The molecule has 0 aliphatic heterocycles. The number of hydrogen-bond donors (Lipinski definition) is 2. The van der Waals surface area contributed by atoms with E-state index in [-0.39, 0.29) is 0 Å². The number of aliphatic hydroxyl groups excluding tert-OH is 1. The molecule has 2 N–H and O–H groups in total. The maximum Gasteiger partial charge on any atom is 0.0948 e. The maximum atomic E-state index is 8.71. The van der Waals surface area contributed by atoms with Crippen LogP contribution in [0.25, 0.3) is 10.9 Å². The van der Waals surface area contributed by atoms with Crippen LogP contribution < -0.4 is 5.32 Å². The highest BCUT2D eigenvalue weighted by Crippen LogP contribution is 2.27. The van der Waals surface area contributed by atoms with Crippen molar-refractivity contribution in [1.29, 1.82) is 0 Å². The molecular formula is C15H19ClN2O. The molecule has 0 radical (unpaired) electrons. The van der Waals surface area contributed by atoms with E-state index >= 15 is 0 Å². The highest BCUT2D eigenvalue weighted by Gasteiger charge is 2.04. The van der Waals surface area contributed by atoms with Crippen molar-refractivity contribution in [3.8, 4) is 0 Å². The molecule has 102 valence electrons. The second-order valence-electron chi connectivity index (χ2n) is 4.56. The molecule has 2 aromatic rings. The summed E-state index contributed by atoms with van der Waals surface area (Å²) in [7, 11) is 0. The van der Waals surface area contributed by atoms with Gasteiger partial charge < -0.3 is 10.4 Å². The van der Waals surface area contributed by atoms with Crippen LogP contribution in [0.5, 0.6) is 0 Å². The first-order chi connectivity index (χ1) is 9.33. The van der Waals surface area contributed by atoms with Gasteiger partial charge in [0.25, 0.3) is 0 Å². The van der Waals surface area contributed by atoms with E-state index in [1.807, 2.05) is 24.3 Å². The summed E-state index contributed by atoms with van der Waals surface area (Å²) in [5.74, 6) is 0. The van der Waals surface area contributed by atoms with Crippen molar-refractivity contribution in [3.63, 3.8) is 0 Å². The fourth-order valence-electron chi connectivity index (χ4n) is 2.09. The molecule has 0 spiro atoms. The van der Waals surface area contributed by atoms with Crippen molar-refractivity contribution in [2.45, 2.75) is 25.7 Å². The number of nitrogens with one attached hydrogen (secondary N) is 1. The van der Waals surface area contributed by atoms with E-state index in [2.05, 4.69) is 10.3 Å². The van der Waals surface area contributed by atoms with Crippen LogP contribution in [0, 0.1) is 0 Å². The molecular weight excluding hydrogens is 260 g/mol. The summed E-state index contributed by atoms with van der Waals surface area (Å²) >= 11 is 6.16. The number of nitrogens with zero attached hydrogens (tertiary/aromatic N) is 1. The Labute approximate surface area is 118 Å². The lowest BCUT2D eigenvalue weighted by atomic mass is 10.1. The van der Waals surface area contributed by atoms with Crippen molar-refractivity contribution in [2.24, 2.45) is 0 Å². The van der Waals surface area contributed by atoms with E-state index in [1.54, 1.807) is 6.20 Å². The van der Waals surface area contributed by atoms with Gasteiger partial charge in [0, 0.05) is 24.7 Å². The van der Waals surface area contributed by atoms with Crippen molar-refractivity contribution in [3.05, 3.63) is 35.5 Å². The Morgan fingerprint density at radius 2 is 1.95 bits per heavy atom. The van der Waals surface area contributed by atoms with Crippen LogP contribution in [0.2, 0.25) is 5.02 Å². The van der Waals surface area contributed by atoms with Gasteiger partial charge in [0.2, 0.25) is 0 Å². The van der Waals surface area contributed by atoms with E-state index in [4.69, 9.17) is 16.7 Å². The first-order valence-electron chi connectivity index (χ1n) is 6.71. The summed E-state index contributed by atoms with van der Waals surface area (Å²) in [6.07, 6.45) is 5.98. The Morgan fingerprint density at radius 1 is 1.11 bits per heavy atom. The largest absolute Gasteiger partial charge is 0.396 e. The van der Waals surface area contributed by atoms with Crippen molar-refractivity contribution < 1.29 is 5.11 Å². The highest BCUT2D eigenvalue weighted by atomic mass is 35.5. The van der Waals surface area contributed by atoms with Crippen LogP contribution >= 0.6 is 11.6 Å². The summed E-state index contributed by atoms with van der Waals surface area (Å²) in [5, 5.41) is 13.8. The first kappa shape index (κ1) is 14.1. The average Bonchev–Trinajstić information content (AvgIpc) is 2.45. The van der Waals surface area contributed by atoms with Crippen molar-refractivity contribution in [2.75, 3.05) is 18.5 Å². The molecule has 0 amide bonds. The third kappa shape index (κ3) is 3.82. The van der Waals surface area contributed by atoms with Crippen molar-refractivity contribution >= 4 is 28.2 Å². The fourth-order valence-corrected chi connectivity index (χ4v) is 2.31. The molecule has 0 saturated heterocycles. The van der Waals surface area contributed by atoms with Crippen LogP contribution in [0.4, 0.5) is 5.69 Å². The van der Waals surface area contributed by atoms with Gasteiger partial charge in [0.1, 0.15) is 0 Å². The van der Waals surface area contributed by atoms with E-state index in [9.17, 15) is 0 Å². The Balaban J connectivity index is 1.96. The van der Waals surface area contributed by atoms with Crippen molar-refractivity contribution in [1.82, 2.24) is 4.98 Å². The summed E-state index contributed by atoms with van der Waals surface area (Å²) in [6.45, 7) is 1.21. The topological polar surface area (TPSA) is 45.1 Å². The SMILES string of the molecule is OCCCCCCNc1ccc(Cl)c2cccnc12. The number of halogens is 1. The molecule has 0 fully saturated rings. The van der Waals surface area contributed by atoms with Gasteiger partial charge in [-0.3, -0.25) is 4.98 Å². The molecule has 0 bridgehead atoms. The molecule has 3 nitrogen and oxygen atoms in total. The molecule has 2 rings (SSSR count). The van der Waals surface area contributed by atoms with Crippen LogP contribution in [-0.2, 0) is 0 Å². The van der Waals surface area contributed by atoms with Gasteiger partial charge in [-0.2, -0.15) is 0 Å². The third-order valence-electron chi connectivity index (χ3n) is 3.12. The number of unbranched alkanes of at least 4 members (excludes halogenated alkanes) is 3. The number of aliphatic hydroxyl groups is 1. The number of aromatic nitrogens is 1. The average molecular weight is 279 g/mol. The molecule has 4 heteroatoms. The fraction of sp³-hybridized carbons (Fsp3) is 0.400. The Bertz CT molecular complexity index is 531. The first-order valence-corrected chi connectivity index (χ1v) is 7.08. The van der Waals surface area contributed by atoms with E-state index in [1.165, 1.54) is 0 Å². The molecule has 0 unspecified atom stereocenters. The lowest BCUT2D eigenvalue weighted by Gasteiger charge is -2.09. The number of rotatable bonds is 7. The summed E-state index contributed by atoms with van der Waals surface area (Å²) < 4.78 is 0. The van der Waals surface area contributed by atoms with Gasteiger partial charge in [0.15, 0.2) is 0 Å². The number of pyridine rings is 1. The van der Waals surface area contributed by atoms with E-state index in [0.29, 0.717) is 6.61 Å². The quantitative estimate of drug-likeness (QED) is 0.756. The minimum Gasteiger partial charge on any atom is -0.396 e. The van der Waals surface area contributed by atoms with Crippen LogP contribution in [0.1, 0.15) is 25.7 Å². The zero-order valence-corrected chi connectivity index (χ0v) is 11.7. The molecule has 1 aromatic carbocycles. The number of benzene rings is 1. The number of fused-ring (bicyclic) bond motifs is 1. The lowest BCUT2D eigenvalue weighted by Crippen LogP contribution is -2.02. The van der Waals surface area contributed by atoms with E-state index < -0.39 is 0 Å². The van der Waals surface area contributed by atoms with E-state index in [0.717, 1.165) is 53.8 Å². The monoisotopic (exact) mass is 278 g/mol. The summed E-state index contributed by atoms with van der Waals surface area (Å²) in [6, 6.07) is 7.76. The van der Waals surface area contributed by atoms with Gasteiger partial charge in [0.05, 0.1) is 16.2 Å². The van der Waals surface area contributed by atoms with Crippen LogP contribution in [0.15, 0.2) is 30.5 Å². The molecule has 0 atom stereocenters. The number of anilines is 1. The lowest BCUT2D eigenvalue weighted by molar-refractivity contribution is 0.283. The minimum atomic E-state index is 0.291.